The van der Waals surface area contributed by atoms with Crippen LogP contribution in [0.2, 0.25) is 0 Å². The van der Waals surface area contributed by atoms with Gasteiger partial charge in [0.25, 0.3) is 0 Å². The van der Waals surface area contributed by atoms with Gasteiger partial charge in [-0.25, -0.2) is 23.3 Å². The van der Waals surface area contributed by atoms with Gasteiger partial charge in [-0.05, 0) is 22.3 Å². The van der Waals surface area contributed by atoms with E-state index in [2.05, 4.69) is 172 Å². The van der Waals surface area contributed by atoms with Crippen LogP contribution in [0.3, 0.4) is 0 Å². The Balaban J connectivity index is 0.000000176. The van der Waals surface area contributed by atoms with Gasteiger partial charge in [0.2, 0.25) is 0 Å². The van der Waals surface area contributed by atoms with Crippen LogP contribution in [0.5, 0.6) is 0 Å². The average Bonchev–Trinajstić information content (AvgIpc) is 3.75. The Bertz CT molecular complexity index is 1250. The first kappa shape index (κ1) is 28.7. The number of rotatable bonds is 6. The Labute approximate surface area is 253 Å². The molecular weight excluding hydrogens is 548 g/mol. The molecule has 0 N–H and O–H groups in total. The molecule has 0 radical (unpaired) electrons. The molecule has 1 heteroatoms. The van der Waals surface area contributed by atoms with E-state index in [-0.39, 0.29) is 37.0 Å². The first-order valence-corrected chi connectivity index (χ1v) is 13.4. The molecule has 2 aliphatic rings. The van der Waals surface area contributed by atoms with Crippen molar-refractivity contribution in [1.29, 1.82) is 0 Å². The van der Waals surface area contributed by atoms with Crippen LogP contribution in [0.4, 0.5) is 0 Å². The number of benzene rings is 4. The second-order valence-electron chi connectivity index (χ2n) is 10.1. The van der Waals surface area contributed by atoms with Gasteiger partial charge in [-0.1, -0.05) is 135 Å². The predicted octanol–water partition coefficient (Wildman–Crippen LogP) is 9.36. The van der Waals surface area contributed by atoms with E-state index in [1.165, 1.54) is 33.4 Å². The van der Waals surface area contributed by atoms with Crippen LogP contribution in [0.15, 0.2) is 157 Å². The zero-order valence-corrected chi connectivity index (χ0v) is 25.2. The molecular formula is C38H34Zr. The number of hydrogen-bond donors (Lipinski definition) is 0. The van der Waals surface area contributed by atoms with Crippen molar-refractivity contribution in [2.75, 3.05) is 0 Å². The Kier molecular flexibility index (Phi) is 9.71. The van der Waals surface area contributed by atoms with E-state index < -0.39 is 0 Å². The first-order chi connectivity index (χ1) is 18.6. The van der Waals surface area contributed by atoms with Gasteiger partial charge in [0.1, 0.15) is 0 Å². The van der Waals surface area contributed by atoms with Crippen molar-refractivity contribution in [2.45, 2.75) is 37.5 Å². The van der Waals surface area contributed by atoms with Crippen LogP contribution in [0, 0.1) is 12.2 Å². The standard InChI is InChI=1S/2C19H17.Zr/c2*1-19(18-14-8-9-15-18,16-10-4-2-5-11-16)17-12-6-3-7-13-17;/h2*2-8,10-14H,9H2,1H3;/q2*-1;+2. The van der Waals surface area contributed by atoms with E-state index in [9.17, 15) is 0 Å². The van der Waals surface area contributed by atoms with Gasteiger partial charge in [0.05, 0.1) is 0 Å². The van der Waals surface area contributed by atoms with Crippen molar-refractivity contribution in [3.63, 3.8) is 0 Å². The maximum absolute atomic E-state index is 3.50. The van der Waals surface area contributed by atoms with Gasteiger partial charge in [-0.2, -0.15) is 12.2 Å². The fourth-order valence-electron chi connectivity index (χ4n) is 5.54. The summed E-state index contributed by atoms with van der Waals surface area (Å²) in [6.07, 6.45) is 17.6. The summed E-state index contributed by atoms with van der Waals surface area (Å²) in [7, 11) is 0. The Morgan fingerprint density at radius 3 is 0.897 bits per heavy atom. The molecule has 0 saturated heterocycles. The molecule has 0 amide bonds. The molecule has 0 heterocycles. The van der Waals surface area contributed by atoms with Crippen LogP contribution in [0.25, 0.3) is 0 Å². The van der Waals surface area contributed by atoms with Gasteiger partial charge in [-0.3, -0.25) is 12.2 Å². The maximum atomic E-state index is 3.50. The molecule has 2 aliphatic carbocycles. The molecule has 4 aromatic rings. The second-order valence-corrected chi connectivity index (χ2v) is 10.1. The fraction of sp³-hybridized carbons (Fsp3) is 0.158. The molecule has 0 atom stereocenters. The van der Waals surface area contributed by atoms with E-state index >= 15 is 0 Å². The Morgan fingerprint density at radius 2 is 0.692 bits per heavy atom. The van der Waals surface area contributed by atoms with Crippen molar-refractivity contribution < 1.29 is 26.2 Å². The molecule has 0 fully saturated rings. The molecule has 0 aliphatic heterocycles. The summed E-state index contributed by atoms with van der Waals surface area (Å²) in [5, 5.41) is 0. The zero-order valence-electron chi connectivity index (χ0n) is 22.8. The molecule has 0 spiro atoms. The predicted molar refractivity (Wildman–Crippen MR) is 160 cm³/mol. The topological polar surface area (TPSA) is 0 Å². The van der Waals surface area contributed by atoms with Crippen molar-refractivity contribution in [1.82, 2.24) is 0 Å². The van der Waals surface area contributed by atoms with Crippen molar-refractivity contribution in [3.05, 3.63) is 191 Å². The molecule has 0 bridgehead atoms. The van der Waals surface area contributed by atoms with E-state index in [4.69, 9.17) is 0 Å². The molecule has 6 rings (SSSR count). The summed E-state index contributed by atoms with van der Waals surface area (Å²) in [4.78, 5) is 0. The summed E-state index contributed by atoms with van der Waals surface area (Å²) in [5.41, 5.74) is 7.57. The van der Waals surface area contributed by atoms with Crippen LogP contribution in [-0.2, 0) is 37.0 Å². The van der Waals surface area contributed by atoms with E-state index in [0.29, 0.717) is 0 Å². The molecule has 4 aromatic carbocycles. The Hall–Kier alpha value is -3.28. The van der Waals surface area contributed by atoms with Crippen molar-refractivity contribution in [2.24, 2.45) is 0 Å². The van der Waals surface area contributed by atoms with Crippen molar-refractivity contribution in [3.8, 4) is 0 Å². The quantitative estimate of drug-likeness (QED) is 0.199. The molecule has 0 unspecified atom stereocenters. The average molecular weight is 582 g/mol. The fourth-order valence-corrected chi connectivity index (χ4v) is 5.54. The third-order valence-electron chi connectivity index (χ3n) is 7.87. The van der Waals surface area contributed by atoms with E-state index in [1.807, 2.05) is 0 Å². The maximum Gasteiger partial charge on any atom is 2.00 e. The molecule has 190 valence electrons. The molecule has 0 aromatic heterocycles. The zero-order chi connectivity index (χ0) is 26.3. The third kappa shape index (κ3) is 6.00. The summed E-state index contributed by atoms with van der Waals surface area (Å²) in [6.45, 7) is 4.57. The second kappa shape index (κ2) is 13.2. The van der Waals surface area contributed by atoms with Gasteiger partial charge >= 0.3 is 26.2 Å². The minimum absolute atomic E-state index is 0. The number of hydrogen-bond acceptors (Lipinski definition) is 0. The monoisotopic (exact) mass is 580 g/mol. The van der Waals surface area contributed by atoms with Crippen LogP contribution < -0.4 is 0 Å². The minimum Gasteiger partial charge on any atom is -0.268 e. The first-order valence-electron chi connectivity index (χ1n) is 13.4. The van der Waals surface area contributed by atoms with E-state index in [0.717, 1.165) is 12.8 Å². The van der Waals surface area contributed by atoms with Gasteiger partial charge in [-0.15, -0.1) is 12.8 Å². The summed E-state index contributed by atoms with van der Waals surface area (Å²) < 4.78 is 0. The van der Waals surface area contributed by atoms with Crippen LogP contribution in [-0.4, -0.2) is 0 Å². The van der Waals surface area contributed by atoms with Crippen LogP contribution in [0.1, 0.15) is 48.9 Å². The van der Waals surface area contributed by atoms with Gasteiger partial charge in [0.15, 0.2) is 0 Å². The normalized spacial score (nSPS) is 14.1. The third-order valence-corrected chi connectivity index (χ3v) is 7.87. The summed E-state index contributed by atoms with van der Waals surface area (Å²) >= 11 is 0. The smallest absolute Gasteiger partial charge is 0.268 e. The largest absolute Gasteiger partial charge is 2.00 e. The Morgan fingerprint density at radius 1 is 0.436 bits per heavy atom. The molecule has 0 nitrogen and oxygen atoms in total. The summed E-state index contributed by atoms with van der Waals surface area (Å²) in [5.74, 6) is 0. The molecule has 39 heavy (non-hydrogen) atoms. The number of allylic oxidation sites excluding steroid dienone is 8. The SMILES string of the molecule is CC(C1=[C-]CC=C1)(c1ccccc1)c1ccccc1.CC(C1=[C-]CC=C1)(c1ccccc1)c1ccccc1.[Zr+2]. The van der Waals surface area contributed by atoms with Crippen LogP contribution >= 0.6 is 0 Å². The van der Waals surface area contributed by atoms with Gasteiger partial charge < -0.3 is 0 Å². The molecule has 0 saturated carbocycles. The van der Waals surface area contributed by atoms with Crippen molar-refractivity contribution >= 4 is 0 Å². The minimum atomic E-state index is -0.116. The van der Waals surface area contributed by atoms with E-state index in [1.54, 1.807) is 0 Å². The summed E-state index contributed by atoms with van der Waals surface area (Å²) in [6, 6.07) is 42.7. The van der Waals surface area contributed by atoms with Gasteiger partial charge in [0, 0.05) is 10.8 Å².